The number of carboxylic acid groups (broad SMARTS) is 1. The summed E-state index contributed by atoms with van der Waals surface area (Å²) >= 11 is 0. The van der Waals surface area contributed by atoms with Crippen molar-refractivity contribution < 1.29 is 19.5 Å². The van der Waals surface area contributed by atoms with E-state index in [0.29, 0.717) is 19.5 Å². The minimum Gasteiger partial charge on any atom is -0.480 e. The number of carbonyl (C=O) groups excluding carboxylic acids is 2. The van der Waals surface area contributed by atoms with Gasteiger partial charge in [0.1, 0.15) is 6.04 Å². The van der Waals surface area contributed by atoms with Crippen LogP contribution >= 0.6 is 0 Å². The van der Waals surface area contributed by atoms with Gasteiger partial charge in [-0.2, -0.15) is 0 Å². The lowest BCUT2D eigenvalue weighted by Crippen LogP contribution is -2.46. The van der Waals surface area contributed by atoms with Crippen molar-refractivity contribution in [2.45, 2.75) is 31.8 Å². The van der Waals surface area contributed by atoms with Gasteiger partial charge in [0.15, 0.2) is 0 Å². The number of aromatic nitrogens is 2. The molecule has 0 aliphatic carbocycles. The predicted octanol–water partition coefficient (Wildman–Crippen LogP) is -0.709. The maximum Gasteiger partial charge on any atom is 0.326 e. The van der Waals surface area contributed by atoms with Crippen LogP contribution in [0, 0.1) is 0 Å². The van der Waals surface area contributed by atoms with Gasteiger partial charge >= 0.3 is 12.0 Å². The number of nitrogens with two attached hydrogens (primary N) is 1. The summed E-state index contributed by atoms with van der Waals surface area (Å²) in [5.41, 5.74) is 4.95. The molecule has 0 saturated carbocycles. The van der Waals surface area contributed by atoms with Crippen molar-refractivity contribution in [1.82, 2.24) is 20.2 Å². The number of rotatable bonds is 9. The van der Waals surface area contributed by atoms with Crippen LogP contribution in [0.1, 0.15) is 19.3 Å². The normalized spacial score (nSPS) is 11.6. The third-order valence-electron chi connectivity index (χ3n) is 2.72. The number of primary amides is 1. The molecule has 0 aliphatic rings. The number of carboxylic acids is 1. The van der Waals surface area contributed by atoms with E-state index in [1.54, 1.807) is 12.5 Å². The zero-order valence-corrected chi connectivity index (χ0v) is 11.5. The number of imidazole rings is 1. The lowest BCUT2D eigenvalue weighted by molar-refractivity contribution is -0.139. The second-order valence-electron chi connectivity index (χ2n) is 4.45. The van der Waals surface area contributed by atoms with E-state index in [4.69, 9.17) is 10.8 Å². The second-order valence-corrected chi connectivity index (χ2v) is 4.45. The summed E-state index contributed by atoms with van der Waals surface area (Å²) in [6.45, 7) is 1.09. The van der Waals surface area contributed by atoms with Crippen LogP contribution in [0.3, 0.4) is 0 Å². The van der Waals surface area contributed by atoms with Gasteiger partial charge in [0.05, 0.1) is 6.33 Å². The summed E-state index contributed by atoms with van der Waals surface area (Å²) < 4.78 is 1.87. The smallest absolute Gasteiger partial charge is 0.326 e. The Hall–Kier alpha value is -2.58. The van der Waals surface area contributed by atoms with Crippen LogP contribution in [-0.2, 0) is 16.1 Å². The highest BCUT2D eigenvalue weighted by Crippen LogP contribution is 1.97. The first-order chi connectivity index (χ1) is 9.99. The second kappa shape index (κ2) is 8.56. The van der Waals surface area contributed by atoms with E-state index >= 15 is 0 Å². The highest BCUT2D eigenvalue weighted by Gasteiger charge is 2.20. The molecular formula is C12H19N5O4. The Labute approximate surface area is 121 Å². The first kappa shape index (κ1) is 16.5. The molecule has 21 heavy (non-hydrogen) atoms. The van der Waals surface area contributed by atoms with E-state index in [1.807, 2.05) is 10.8 Å². The quantitative estimate of drug-likeness (QED) is 0.446. The third-order valence-corrected chi connectivity index (χ3v) is 2.72. The van der Waals surface area contributed by atoms with Crippen LogP contribution in [0.2, 0.25) is 0 Å². The molecule has 0 saturated heterocycles. The fraction of sp³-hybridized carbons (Fsp3) is 0.500. The monoisotopic (exact) mass is 297 g/mol. The van der Waals surface area contributed by atoms with Gasteiger partial charge in [-0.05, 0) is 12.8 Å². The highest BCUT2D eigenvalue weighted by molar-refractivity contribution is 5.83. The minimum atomic E-state index is -1.20. The molecule has 1 rings (SSSR count). The number of nitrogens with one attached hydrogen (secondary N) is 2. The molecule has 0 bridgehead atoms. The van der Waals surface area contributed by atoms with Crippen LogP contribution in [-0.4, -0.2) is 45.2 Å². The SMILES string of the molecule is NC(=O)CCC(NC(=O)NCCCn1ccnc1)C(=O)O. The van der Waals surface area contributed by atoms with Crippen LogP contribution in [0.25, 0.3) is 0 Å². The van der Waals surface area contributed by atoms with E-state index in [-0.39, 0.29) is 12.8 Å². The molecular weight excluding hydrogens is 278 g/mol. The van der Waals surface area contributed by atoms with E-state index in [9.17, 15) is 14.4 Å². The van der Waals surface area contributed by atoms with E-state index in [2.05, 4.69) is 15.6 Å². The predicted molar refractivity (Wildman–Crippen MR) is 73.2 cm³/mol. The molecule has 0 spiro atoms. The van der Waals surface area contributed by atoms with Crippen molar-refractivity contribution in [3.05, 3.63) is 18.7 Å². The van der Waals surface area contributed by atoms with Gasteiger partial charge in [0.25, 0.3) is 0 Å². The van der Waals surface area contributed by atoms with Gasteiger partial charge < -0.3 is 26.0 Å². The molecule has 9 heteroatoms. The standard InChI is InChI=1S/C12H19N5O4/c13-10(18)3-2-9(11(19)20)16-12(21)15-4-1-6-17-7-5-14-8-17/h5,7-9H,1-4,6H2,(H2,13,18)(H,19,20)(H2,15,16,21). The highest BCUT2D eigenvalue weighted by atomic mass is 16.4. The summed E-state index contributed by atoms with van der Waals surface area (Å²) in [5, 5.41) is 13.8. The molecule has 1 atom stereocenters. The number of carbonyl (C=O) groups is 3. The summed E-state index contributed by atoms with van der Waals surface area (Å²) in [7, 11) is 0. The van der Waals surface area contributed by atoms with Crippen molar-refractivity contribution in [3.63, 3.8) is 0 Å². The van der Waals surface area contributed by atoms with Gasteiger partial charge in [0.2, 0.25) is 5.91 Å². The molecule has 1 heterocycles. The molecule has 116 valence electrons. The average molecular weight is 297 g/mol. The maximum atomic E-state index is 11.5. The van der Waals surface area contributed by atoms with E-state index < -0.39 is 23.9 Å². The Balaban J connectivity index is 2.23. The molecule has 0 fully saturated rings. The summed E-state index contributed by atoms with van der Waals surface area (Å²) in [6, 6.07) is -1.72. The largest absolute Gasteiger partial charge is 0.480 e. The van der Waals surface area contributed by atoms with Crippen LogP contribution in [0.4, 0.5) is 4.79 Å². The van der Waals surface area contributed by atoms with Gasteiger partial charge in [-0.3, -0.25) is 4.79 Å². The van der Waals surface area contributed by atoms with E-state index in [1.165, 1.54) is 0 Å². The molecule has 5 N–H and O–H groups in total. The van der Waals surface area contributed by atoms with Gasteiger partial charge in [0, 0.05) is 31.9 Å². The Bertz CT molecular complexity index is 474. The molecule has 1 aromatic rings. The number of nitrogens with zero attached hydrogens (tertiary/aromatic N) is 2. The summed E-state index contributed by atoms with van der Waals surface area (Å²) in [4.78, 5) is 37.0. The van der Waals surface area contributed by atoms with Gasteiger partial charge in [-0.1, -0.05) is 0 Å². The fourth-order valence-electron chi connectivity index (χ4n) is 1.64. The van der Waals surface area contributed by atoms with Crippen molar-refractivity contribution in [3.8, 4) is 0 Å². The zero-order chi connectivity index (χ0) is 15.7. The Morgan fingerprint density at radius 1 is 1.38 bits per heavy atom. The van der Waals surface area contributed by atoms with Crippen LogP contribution in [0.5, 0.6) is 0 Å². The number of hydrogen-bond donors (Lipinski definition) is 4. The van der Waals surface area contributed by atoms with Gasteiger partial charge in [-0.25, -0.2) is 14.6 Å². The molecule has 9 nitrogen and oxygen atoms in total. The zero-order valence-electron chi connectivity index (χ0n) is 11.5. The number of aryl methyl sites for hydroxylation is 1. The first-order valence-electron chi connectivity index (χ1n) is 6.50. The third kappa shape index (κ3) is 6.95. The first-order valence-corrected chi connectivity index (χ1v) is 6.50. The Kier molecular flexibility index (Phi) is 6.72. The van der Waals surface area contributed by atoms with Crippen molar-refractivity contribution in [2.24, 2.45) is 5.73 Å². The summed E-state index contributed by atoms with van der Waals surface area (Å²) in [5.74, 6) is -1.81. The molecule has 1 aromatic heterocycles. The topological polar surface area (TPSA) is 139 Å². The molecule has 3 amide bonds. The number of amides is 3. The fourth-order valence-corrected chi connectivity index (χ4v) is 1.64. The van der Waals surface area contributed by atoms with Crippen molar-refractivity contribution in [1.29, 1.82) is 0 Å². The molecule has 0 radical (unpaired) electrons. The molecule has 0 aliphatic heterocycles. The lowest BCUT2D eigenvalue weighted by Gasteiger charge is -2.14. The maximum absolute atomic E-state index is 11.5. The Morgan fingerprint density at radius 3 is 2.71 bits per heavy atom. The van der Waals surface area contributed by atoms with E-state index in [0.717, 1.165) is 0 Å². The van der Waals surface area contributed by atoms with Crippen molar-refractivity contribution in [2.75, 3.05) is 6.54 Å². The van der Waals surface area contributed by atoms with Gasteiger partial charge in [-0.15, -0.1) is 0 Å². The lowest BCUT2D eigenvalue weighted by atomic mass is 10.1. The number of urea groups is 1. The molecule has 0 aromatic carbocycles. The van der Waals surface area contributed by atoms with Crippen LogP contribution < -0.4 is 16.4 Å². The minimum absolute atomic E-state index is 0.0346. The Morgan fingerprint density at radius 2 is 2.14 bits per heavy atom. The average Bonchev–Trinajstić information content (AvgIpc) is 2.92. The molecule has 1 unspecified atom stereocenters. The number of aliphatic carboxylic acids is 1. The number of hydrogen-bond acceptors (Lipinski definition) is 4. The summed E-state index contributed by atoms with van der Waals surface area (Å²) in [6.07, 6.45) is 5.69. The van der Waals surface area contributed by atoms with Crippen molar-refractivity contribution >= 4 is 17.9 Å². The van der Waals surface area contributed by atoms with Crippen LogP contribution in [0.15, 0.2) is 18.7 Å².